The van der Waals surface area contributed by atoms with Crippen LogP contribution in [0.2, 0.25) is 0 Å². The van der Waals surface area contributed by atoms with Crippen molar-refractivity contribution in [3.8, 4) is 0 Å². The first kappa shape index (κ1) is 27.2. The van der Waals surface area contributed by atoms with E-state index in [1.165, 1.54) is 4.90 Å². The van der Waals surface area contributed by atoms with E-state index in [1.54, 1.807) is 24.3 Å². The van der Waals surface area contributed by atoms with Crippen molar-refractivity contribution >= 4 is 52.0 Å². The number of amides is 1. The van der Waals surface area contributed by atoms with E-state index in [-0.39, 0.29) is 29.7 Å². The number of carbonyl (C=O) groups excluding carboxylic acids is 3. The lowest BCUT2D eigenvalue weighted by atomic mass is 9.99. The van der Waals surface area contributed by atoms with Gasteiger partial charge < -0.3 is 19.5 Å². The summed E-state index contributed by atoms with van der Waals surface area (Å²) in [6, 6.07) is 34.1. The Kier molecular flexibility index (Phi) is 7.23. The van der Waals surface area contributed by atoms with Gasteiger partial charge in [0.05, 0.1) is 18.0 Å². The number of aliphatic carboxylic acids is 1. The van der Waals surface area contributed by atoms with E-state index in [1.807, 2.05) is 91.0 Å². The highest BCUT2D eigenvalue weighted by atomic mass is 31.2. The van der Waals surface area contributed by atoms with Gasteiger partial charge in [-0.25, -0.2) is 9.59 Å². The second-order valence-electron chi connectivity index (χ2n) is 9.95. The molecule has 2 heterocycles. The van der Waals surface area contributed by atoms with Gasteiger partial charge in [0.1, 0.15) is 5.42 Å². The fourth-order valence-corrected chi connectivity index (χ4v) is 10.1. The van der Waals surface area contributed by atoms with Crippen LogP contribution in [-0.2, 0) is 23.9 Å². The molecule has 1 fully saturated rings. The molecule has 4 aromatic carbocycles. The number of β-lactam (4-membered cyclic amide) rings is 1. The fraction of sp³-hybridized carbons (Fsp3) is 0.121. The Bertz CT molecular complexity index is 1630. The van der Waals surface area contributed by atoms with E-state index in [4.69, 9.17) is 9.47 Å². The smallest absolute Gasteiger partial charge is 0.359 e. The molecule has 1 N–H and O–H groups in total. The number of rotatable bonds is 8. The van der Waals surface area contributed by atoms with Gasteiger partial charge >= 0.3 is 17.9 Å². The number of ether oxygens (including phenoxy) is 2. The standard InChI is InChI=1S/C33H26NO7P/c35-28-20-22(21-29(36)37)34(28)30(32(39)41-33-27-19-11-10-18-26(27)31(38)40-33)42(23-12-4-1-5-13-23,24-14-6-2-7-15-24)25-16-8-3-9-17-25/h1-19,22,33H,20-21H2,(H,36,37). The molecule has 2 aliphatic rings. The van der Waals surface area contributed by atoms with Crippen molar-refractivity contribution in [3.05, 3.63) is 126 Å². The monoisotopic (exact) mass is 579 g/mol. The summed E-state index contributed by atoms with van der Waals surface area (Å²) in [5.74, 6) is -2.96. The minimum Gasteiger partial charge on any atom is -0.481 e. The Labute approximate surface area is 242 Å². The number of fused-ring (bicyclic) bond motifs is 1. The van der Waals surface area contributed by atoms with Crippen LogP contribution in [0.15, 0.2) is 115 Å². The number of cyclic esters (lactones) is 1. The van der Waals surface area contributed by atoms with Crippen molar-refractivity contribution < 1.29 is 33.8 Å². The van der Waals surface area contributed by atoms with Crippen LogP contribution in [0, 0.1) is 0 Å². The number of carbonyl (C=O) groups is 4. The van der Waals surface area contributed by atoms with Crippen LogP contribution in [0.25, 0.3) is 0 Å². The van der Waals surface area contributed by atoms with Crippen LogP contribution in [0.5, 0.6) is 0 Å². The first-order valence-electron chi connectivity index (χ1n) is 13.4. The molecule has 2 atom stereocenters. The van der Waals surface area contributed by atoms with Gasteiger partial charge in [0, 0.05) is 18.9 Å². The molecule has 1 amide bonds. The molecule has 2 aliphatic heterocycles. The second-order valence-corrected chi connectivity index (χ2v) is 13.3. The molecular weight excluding hydrogens is 553 g/mol. The number of nitrogens with zero attached hydrogens (tertiary/aromatic N) is 1. The van der Waals surface area contributed by atoms with Crippen LogP contribution in [0.4, 0.5) is 0 Å². The Hall–Kier alpha value is -4.94. The topological polar surface area (TPSA) is 110 Å². The Morgan fingerprint density at radius 3 is 1.79 bits per heavy atom. The Morgan fingerprint density at radius 1 is 0.786 bits per heavy atom. The minimum absolute atomic E-state index is 0.0251. The maximum absolute atomic E-state index is 14.6. The van der Waals surface area contributed by atoms with Crippen LogP contribution in [-0.4, -0.2) is 45.3 Å². The molecule has 6 rings (SSSR count). The molecule has 0 bridgehead atoms. The number of benzene rings is 4. The van der Waals surface area contributed by atoms with Crippen molar-refractivity contribution in [3.63, 3.8) is 0 Å². The summed E-state index contributed by atoms with van der Waals surface area (Å²) in [6.45, 7) is -3.20. The second kappa shape index (κ2) is 11.1. The molecule has 8 nitrogen and oxygen atoms in total. The van der Waals surface area contributed by atoms with Crippen molar-refractivity contribution in [2.45, 2.75) is 25.2 Å². The van der Waals surface area contributed by atoms with Gasteiger partial charge in [0.25, 0.3) is 6.29 Å². The van der Waals surface area contributed by atoms with Crippen molar-refractivity contribution in [2.75, 3.05) is 0 Å². The summed E-state index contributed by atoms with van der Waals surface area (Å²) >= 11 is 0. The number of hydrogen-bond donors (Lipinski definition) is 1. The van der Waals surface area contributed by atoms with Gasteiger partial charge in [-0.05, 0) is 22.0 Å². The third-order valence-corrected chi connectivity index (χ3v) is 11.7. The maximum Gasteiger partial charge on any atom is 0.359 e. The minimum atomic E-state index is -3.20. The predicted molar refractivity (Wildman–Crippen MR) is 158 cm³/mol. The number of carboxylic acid groups (broad SMARTS) is 1. The number of likely N-dealkylation sites (tertiary alicyclic amines) is 1. The number of hydrogen-bond acceptors (Lipinski definition) is 6. The van der Waals surface area contributed by atoms with E-state index in [0.29, 0.717) is 5.56 Å². The van der Waals surface area contributed by atoms with E-state index in [2.05, 4.69) is 0 Å². The van der Waals surface area contributed by atoms with Crippen LogP contribution in [0.3, 0.4) is 0 Å². The van der Waals surface area contributed by atoms with E-state index in [9.17, 15) is 24.3 Å². The SMILES string of the molecule is O=C(O)CC1CC(=O)N1C(C(=O)OC1OC(=O)c2ccccc21)=P(c1ccccc1)(c1ccccc1)c1ccccc1. The van der Waals surface area contributed by atoms with Crippen LogP contribution in [0.1, 0.15) is 35.1 Å². The first-order valence-corrected chi connectivity index (χ1v) is 15.2. The van der Waals surface area contributed by atoms with Gasteiger partial charge in [-0.3, -0.25) is 9.59 Å². The number of carboxylic acids is 1. The molecule has 1 saturated heterocycles. The predicted octanol–water partition coefficient (Wildman–Crippen LogP) is 3.60. The Balaban J connectivity index is 1.68. The summed E-state index contributed by atoms with van der Waals surface area (Å²) in [5, 5.41) is 12.0. The molecule has 42 heavy (non-hydrogen) atoms. The zero-order valence-corrected chi connectivity index (χ0v) is 23.2. The van der Waals surface area contributed by atoms with Gasteiger partial charge in [0.15, 0.2) is 0 Å². The maximum atomic E-state index is 14.6. The molecule has 210 valence electrons. The lowest BCUT2D eigenvalue weighted by Crippen LogP contribution is -2.60. The molecule has 0 aliphatic carbocycles. The zero-order chi connectivity index (χ0) is 29.3. The quantitative estimate of drug-likeness (QED) is 0.193. The molecule has 2 unspecified atom stereocenters. The largest absolute Gasteiger partial charge is 0.481 e. The molecule has 0 spiro atoms. The third-order valence-electron chi connectivity index (χ3n) is 7.48. The van der Waals surface area contributed by atoms with E-state index < -0.39 is 37.1 Å². The average Bonchev–Trinajstić information content (AvgIpc) is 3.33. The van der Waals surface area contributed by atoms with Crippen LogP contribution < -0.4 is 15.9 Å². The van der Waals surface area contributed by atoms with Crippen molar-refractivity contribution in [2.24, 2.45) is 0 Å². The van der Waals surface area contributed by atoms with Gasteiger partial charge in [-0.1, -0.05) is 109 Å². The lowest BCUT2D eigenvalue weighted by Gasteiger charge is -2.44. The molecule has 0 aromatic heterocycles. The zero-order valence-electron chi connectivity index (χ0n) is 22.3. The van der Waals surface area contributed by atoms with Gasteiger partial charge in [0.2, 0.25) is 5.91 Å². The Morgan fingerprint density at radius 2 is 1.29 bits per heavy atom. The number of esters is 2. The van der Waals surface area contributed by atoms with Crippen molar-refractivity contribution in [1.82, 2.24) is 4.90 Å². The van der Waals surface area contributed by atoms with Crippen molar-refractivity contribution in [1.29, 1.82) is 0 Å². The molecule has 0 radical (unpaired) electrons. The molecular formula is C33H26NO7P. The summed E-state index contributed by atoms with van der Waals surface area (Å²) in [7, 11) is 0. The highest BCUT2D eigenvalue weighted by Gasteiger charge is 2.48. The normalized spacial score (nSPS) is 17.6. The summed E-state index contributed by atoms with van der Waals surface area (Å²) in [6.07, 6.45) is -1.69. The first-order chi connectivity index (χ1) is 20.4. The molecule has 9 heteroatoms. The summed E-state index contributed by atoms with van der Waals surface area (Å²) < 4.78 is 11.4. The van der Waals surface area contributed by atoms with E-state index >= 15 is 0 Å². The fourth-order valence-electron chi connectivity index (χ4n) is 5.65. The highest BCUT2D eigenvalue weighted by Crippen LogP contribution is 2.49. The van der Waals surface area contributed by atoms with Gasteiger partial charge in [-0.2, -0.15) is 0 Å². The lowest BCUT2D eigenvalue weighted by molar-refractivity contribution is -0.162. The summed E-state index contributed by atoms with van der Waals surface area (Å²) in [4.78, 5) is 53.8. The summed E-state index contributed by atoms with van der Waals surface area (Å²) in [5.41, 5.74) is 0.722. The third kappa shape index (κ3) is 4.60. The van der Waals surface area contributed by atoms with E-state index in [0.717, 1.165) is 15.9 Å². The van der Waals surface area contributed by atoms with Gasteiger partial charge in [-0.15, -0.1) is 0 Å². The molecule has 0 saturated carbocycles. The highest BCUT2D eigenvalue weighted by molar-refractivity contribution is 7.96. The molecule has 4 aromatic rings. The van der Waals surface area contributed by atoms with Crippen LogP contribution >= 0.6 is 6.89 Å². The average molecular weight is 580 g/mol.